The second-order valence-electron chi connectivity index (χ2n) is 6.32. The Morgan fingerprint density at radius 1 is 1.32 bits per heavy atom. The molecule has 0 spiro atoms. The Balaban J connectivity index is 1.73. The molecule has 162 valence electrons. The number of methoxy groups -OCH3 is 1. The minimum atomic E-state index is -0.773. The molecule has 0 bridgehead atoms. The predicted molar refractivity (Wildman–Crippen MR) is 126 cm³/mol. The summed E-state index contributed by atoms with van der Waals surface area (Å²) in [6.45, 7) is 3.93. The lowest BCUT2D eigenvalue weighted by Crippen LogP contribution is -2.25. The number of hydrogen-bond donors (Lipinski definition) is 1. The van der Waals surface area contributed by atoms with Crippen molar-refractivity contribution in [2.75, 3.05) is 19.1 Å². The third-order valence-electron chi connectivity index (χ3n) is 4.11. The SMILES string of the molecule is CCOc1cc(C=NNc2nc(-c3ccccc3)cs2)cc(Br)c1OC(C)C(=O)OC. The number of aromatic nitrogens is 1. The molecule has 1 aromatic heterocycles. The molecule has 0 aliphatic carbocycles. The Morgan fingerprint density at radius 2 is 2.10 bits per heavy atom. The van der Waals surface area contributed by atoms with Crippen LogP contribution in [0.3, 0.4) is 0 Å². The number of carbonyl (C=O) groups is 1. The van der Waals surface area contributed by atoms with Gasteiger partial charge >= 0.3 is 5.97 Å². The van der Waals surface area contributed by atoms with Gasteiger partial charge < -0.3 is 14.2 Å². The molecule has 0 saturated carbocycles. The van der Waals surface area contributed by atoms with Crippen LogP contribution in [0, 0.1) is 0 Å². The van der Waals surface area contributed by atoms with E-state index in [4.69, 9.17) is 14.2 Å². The number of carbonyl (C=O) groups excluding carboxylic acids is 1. The lowest BCUT2D eigenvalue weighted by molar-refractivity contribution is -0.147. The van der Waals surface area contributed by atoms with E-state index in [0.29, 0.717) is 27.7 Å². The maximum absolute atomic E-state index is 11.7. The molecule has 3 rings (SSSR count). The summed E-state index contributed by atoms with van der Waals surface area (Å²) in [5.41, 5.74) is 5.68. The summed E-state index contributed by atoms with van der Waals surface area (Å²) >= 11 is 4.96. The van der Waals surface area contributed by atoms with Crippen LogP contribution in [-0.4, -0.2) is 37.0 Å². The van der Waals surface area contributed by atoms with Crippen LogP contribution in [-0.2, 0) is 9.53 Å². The predicted octanol–water partition coefficient (Wildman–Crippen LogP) is 5.36. The van der Waals surface area contributed by atoms with Gasteiger partial charge in [-0.15, -0.1) is 11.3 Å². The van der Waals surface area contributed by atoms with Crippen LogP contribution in [0.2, 0.25) is 0 Å². The number of esters is 1. The largest absolute Gasteiger partial charge is 0.490 e. The molecule has 0 aliphatic rings. The highest BCUT2D eigenvalue weighted by Crippen LogP contribution is 2.37. The number of hydrogen-bond acceptors (Lipinski definition) is 8. The van der Waals surface area contributed by atoms with Gasteiger partial charge in [-0.3, -0.25) is 5.43 Å². The van der Waals surface area contributed by atoms with Crippen LogP contribution in [0.1, 0.15) is 19.4 Å². The lowest BCUT2D eigenvalue weighted by Gasteiger charge is -2.17. The van der Waals surface area contributed by atoms with Gasteiger partial charge in [0.2, 0.25) is 5.13 Å². The number of nitrogens with one attached hydrogen (secondary N) is 1. The van der Waals surface area contributed by atoms with Crippen LogP contribution >= 0.6 is 27.3 Å². The summed E-state index contributed by atoms with van der Waals surface area (Å²) in [7, 11) is 1.32. The van der Waals surface area contributed by atoms with Crippen LogP contribution in [0.4, 0.5) is 5.13 Å². The molecule has 7 nitrogen and oxygen atoms in total. The summed E-state index contributed by atoms with van der Waals surface area (Å²) in [6, 6.07) is 13.6. The van der Waals surface area contributed by atoms with Crippen molar-refractivity contribution in [3.63, 3.8) is 0 Å². The van der Waals surface area contributed by atoms with Crippen molar-refractivity contribution < 1.29 is 19.0 Å². The molecule has 0 amide bonds. The van der Waals surface area contributed by atoms with Crippen molar-refractivity contribution in [2.45, 2.75) is 20.0 Å². The zero-order chi connectivity index (χ0) is 22.2. The van der Waals surface area contributed by atoms with Crippen LogP contribution in [0.5, 0.6) is 11.5 Å². The second kappa shape index (κ2) is 10.9. The Labute approximate surface area is 193 Å². The standard InChI is InChI=1S/C22H22BrN3O4S/c1-4-29-19-11-15(10-17(23)20(19)30-14(2)21(27)28-3)12-24-26-22-25-18(13-31-22)16-8-6-5-7-9-16/h5-14H,4H2,1-3H3,(H,25,26). The van der Waals surface area contributed by atoms with Crippen molar-refractivity contribution in [2.24, 2.45) is 5.10 Å². The Morgan fingerprint density at radius 3 is 2.81 bits per heavy atom. The first-order valence-electron chi connectivity index (χ1n) is 9.52. The van der Waals surface area contributed by atoms with Crippen LogP contribution in [0.25, 0.3) is 11.3 Å². The first-order chi connectivity index (χ1) is 15.0. The zero-order valence-electron chi connectivity index (χ0n) is 17.3. The normalized spacial score (nSPS) is 11.9. The minimum absolute atomic E-state index is 0.428. The fourth-order valence-electron chi connectivity index (χ4n) is 2.66. The van der Waals surface area contributed by atoms with E-state index in [9.17, 15) is 4.79 Å². The maximum Gasteiger partial charge on any atom is 0.346 e. The molecule has 0 aliphatic heterocycles. The van der Waals surface area contributed by atoms with Crippen molar-refractivity contribution >= 4 is 44.6 Å². The van der Waals surface area contributed by atoms with Crippen LogP contribution < -0.4 is 14.9 Å². The van der Waals surface area contributed by atoms with E-state index in [1.54, 1.807) is 19.2 Å². The van der Waals surface area contributed by atoms with E-state index in [-0.39, 0.29) is 0 Å². The highest BCUT2D eigenvalue weighted by molar-refractivity contribution is 9.10. The van der Waals surface area contributed by atoms with E-state index < -0.39 is 12.1 Å². The van der Waals surface area contributed by atoms with Gasteiger partial charge in [0.15, 0.2) is 17.6 Å². The third kappa shape index (κ3) is 6.05. The number of hydrazone groups is 1. The lowest BCUT2D eigenvalue weighted by atomic mass is 10.2. The van der Waals surface area contributed by atoms with Gasteiger partial charge in [-0.1, -0.05) is 30.3 Å². The average molecular weight is 504 g/mol. The van der Waals surface area contributed by atoms with E-state index in [2.05, 4.69) is 31.4 Å². The second-order valence-corrected chi connectivity index (χ2v) is 8.03. The summed E-state index contributed by atoms with van der Waals surface area (Å²) in [6.07, 6.45) is 0.884. The van der Waals surface area contributed by atoms with Gasteiger partial charge in [0.1, 0.15) is 0 Å². The Hall–Kier alpha value is -2.91. The van der Waals surface area contributed by atoms with Crippen molar-refractivity contribution in [3.8, 4) is 22.8 Å². The van der Waals surface area contributed by atoms with E-state index in [0.717, 1.165) is 16.8 Å². The highest BCUT2D eigenvalue weighted by Gasteiger charge is 2.20. The van der Waals surface area contributed by atoms with Crippen LogP contribution in [0.15, 0.2) is 57.4 Å². The fourth-order valence-corrected chi connectivity index (χ4v) is 3.88. The van der Waals surface area contributed by atoms with E-state index >= 15 is 0 Å². The van der Waals surface area contributed by atoms with Gasteiger partial charge in [0, 0.05) is 10.9 Å². The fraction of sp³-hybridized carbons (Fsp3) is 0.227. The molecular formula is C22H22BrN3O4S. The van der Waals surface area contributed by atoms with Crippen molar-refractivity contribution in [1.82, 2.24) is 4.98 Å². The Kier molecular flexibility index (Phi) is 8.02. The quantitative estimate of drug-likeness (QED) is 0.240. The first kappa shape index (κ1) is 22.8. The summed E-state index contributed by atoms with van der Waals surface area (Å²) < 4.78 is 16.8. The molecule has 2 aromatic carbocycles. The number of thiazole rings is 1. The van der Waals surface area contributed by atoms with E-state index in [1.807, 2.05) is 48.7 Å². The topological polar surface area (TPSA) is 82.0 Å². The van der Waals surface area contributed by atoms with Gasteiger partial charge in [0.05, 0.1) is 30.1 Å². The summed E-state index contributed by atoms with van der Waals surface area (Å²) in [5, 5.41) is 6.94. The number of rotatable bonds is 9. The van der Waals surface area contributed by atoms with Crippen molar-refractivity contribution in [1.29, 1.82) is 0 Å². The number of halogens is 1. The summed E-state index contributed by atoms with van der Waals surface area (Å²) in [5.74, 6) is 0.453. The maximum atomic E-state index is 11.7. The first-order valence-corrected chi connectivity index (χ1v) is 11.2. The molecule has 1 heterocycles. The van der Waals surface area contributed by atoms with Gasteiger partial charge in [-0.25, -0.2) is 9.78 Å². The van der Waals surface area contributed by atoms with Crippen molar-refractivity contribution in [3.05, 3.63) is 57.9 Å². The molecule has 1 atom stereocenters. The molecule has 0 saturated heterocycles. The molecule has 0 radical (unpaired) electrons. The minimum Gasteiger partial charge on any atom is -0.490 e. The molecule has 0 fully saturated rings. The van der Waals surface area contributed by atoms with Gasteiger partial charge in [0.25, 0.3) is 0 Å². The third-order valence-corrected chi connectivity index (χ3v) is 5.44. The smallest absolute Gasteiger partial charge is 0.346 e. The molecule has 9 heteroatoms. The molecule has 31 heavy (non-hydrogen) atoms. The highest BCUT2D eigenvalue weighted by atomic mass is 79.9. The monoisotopic (exact) mass is 503 g/mol. The zero-order valence-corrected chi connectivity index (χ0v) is 19.7. The summed E-state index contributed by atoms with van der Waals surface area (Å²) in [4.78, 5) is 16.2. The number of nitrogens with zero attached hydrogens (tertiary/aromatic N) is 2. The molecule has 1 unspecified atom stereocenters. The van der Waals surface area contributed by atoms with Gasteiger partial charge in [-0.2, -0.15) is 5.10 Å². The Bertz CT molecular complexity index is 1060. The molecule has 1 N–H and O–H groups in total. The number of benzene rings is 2. The van der Waals surface area contributed by atoms with E-state index in [1.165, 1.54) is 18.4 Å². The molecule has 3 aromatic rings. The van der Waals surface area contributed by atoms with Gasteiger partial charge in [-0.05, 0) is 47.5 Å². The molecular weight excluding hydrogens is 482 g/mol. The number of ether oxygens (including phenoxy) is 3. The number of anilines is 1. The average Bonchev–Trinajstić information content (AvgIpc) is 3.25.